The second kappa shape index (κ2) is 6.81. The van der Waals surface area contributed by atoms with Gasteiger partial charge >= 0.3 is 0 Å². The summed E-state index contributed by atoms with van der Waals surface area (Å²) in [6.07, 6.45) is 0. The third-order valence-corrected chi connectivity index (χ3v) is 6.09. The summed E-state index contributed by atoms with van der Waals surface area (Å²) < 4.78 is 13.6. The number of rotatable bonds is 4. The van der Waals surface area contributed by atoms with Gasteiger partial charge in [-0.2, -0.15) is 23.5 Å². The highest BCUT2D eigenvalue weighted by Gasteiger charge is 2.20. The molecule has 0 aromatic heterocycles. The fourth-order valence-corrected chi connectivity index (χ4v) is 4.66. The summed E-state index contributed by atoms with van der Waals surface area (Å²) in [4.78, 5) is 10.3. The Morgan fingerprint density at radius 3 is 2.95 bits per heavy atom. The number of thioether (sulfide) groups is 2. The number of anilines is 1. The maximum absolute atomic E-state index is 13.3. The van der Waals surface area contributed by atoms with Crippen molar-refractivity contribution in [2.24, 2.45) is 0 Å². The maximum atomic E-state index is 13.3. The molecule has 1 aliphatic rings. The molecule has 0 spiro atoms. The van der Waals surface area contributed by atoms with E-state index in [-0.39, 0.29) is 10.2 Å². The van der Waals surface area contributed by atoms with Crippen LogP contribution in [0.25, 0.3) is 0 Å². The number of hydrogen-bond donors (Lipinski definition) is 1. The summed E-state index contributed by atoms with van der Waals surface area (Å²) >= 11 is 6.80. The Balaban J connectivity index is 2.09. The Hall–Kier alpha value is -0.470. The van der Waals surface area contributed by atoms with E-state index in [9.17, 15) is 14.5 Å². The number of nitro groups is 1. The quantitative estimate of drug-likeness (QED) is 0.649. The first-order valence-electron chi connectivity index (χ1n) is 5.64. The fourth-order valence-electron chi connectivity index (χ4n) is 1.71. The summed E-state index contributed by atoms with van der Waals surface area (Å²) in [6.45, 7) is 0.649. The number of hydrogen-bond acceptors (Lipinski definition) is 5. The SMILES string of the molecule is O=[N+]([O-])c1cc(F)c(Br)cc1NCC1CSCCS1. The van der Waals surface area contributed by atoms with E-state index in [0.717, 1.165) is 23.3 Å². The molecule has 1 unspecified atom stereocenters. The Bertz CT molecular complexity index is 484. The topological polar surface area (TPSA) is 55.2 Å². The second-order valence-electron chi connectivity index (χ2n) is 3.99. The van der Waals surface area contributed by atoms with Gasteiger partial charge in [-0.05, 0) is 22.0 Å². The molecule has 0 aliphatic carbocycles. The number of nitrogens with one attached hydrogen (secondary N) is 1. The highest BCUT2D eigenvalue weighted by Crippen LogP contribution is 2.31. The van der Waals surface area contributed by atoms with E-state index < -0.39 is 10.7 Å². The van der Waals surface area contributed by atoms with E-state index in [1.54, 1.807) is 0 Å². The number of nitro benzene ring substituents is 1. The molecule has 4 nitrogen and oxygen atoms in total. The van der Waals surface area contributed by atoms with Crippen molar-refractivity contribution < 1.29 is 9.31 Å². The van der Waals surface area contributed by atoms with Gasteiger partial charge in [-0.3, -0.25) is 10.1 Å². The Kier molecular flexibility index (Phi) is 5.35. The molecule has 1 fully saturated rings. The van der Waals surface area contributed by atoms with Crippen LogP contribution in [0, 0.1) is 15.9 Å². The second-order valence-corrected chi connectivity index (χ2v) is 7.40. The van der Waals surface area contributed by atoms with Gasteiger partial charge in [0.05, 0.1) is 15.5 Å². The molecule has 0 radical (unpaired) electrons. The van der Waals surface area contributed by atoms with E-state index in [1.165, 1.54) is 6.07 Å². The van der Waals surface area contributed by atoms with E-state index >= 15 is 0 Å². The molecule has 1 atom stereocenters. The van der Waals surface area contributed by atoms with Crippen LogP contribution in [0.5, 0.6) is 0 Å². The number of nitrogens with zero attached hydrogens (tertiary/aromatic N) is 1. The summed E-state index contributed by atoms with van der Waals surface area (Å²) in [6, 6.07) is 2.36. The van der Waals surface area contributed by atoms with E-state index in [4.69, 9.17) is 0 Å². The highest BCUT2D eigenvalue weighted by molar-refractivity contribution is 9.10. The number of benzene rings is 1. The predicted molar refractivity (Wildman–Crippen MR) is 82.8 cm³/mol. The zero-order valence-corrected chi connectivity index (χ0v) is 13.1. The molecule has 19 heavy (non-hydrogen) atoms. The van der Waals surface area contributed by atoms with Crippen LogP contribution < -0.4 is 5.32 Å². The average molecular weight is 367 g/mol. The molecule has 8 heteroatoms. The minimum atomic E-state index is -0.625. The van der Waals surface area contributed by atoms with Crippen LogP contribution in [0.4, 0.5) is 15.8 Å². The lowest BCUT2D eigenvalue weighted by molar-refractivity contribution is -0.384. The van der Waals surface area contributed by atoms with Gasteiger partial charge in [0.15, 0.2) is 0 Å². The van der Waals surface area contributed by atoms with Crippen molar-refractivity contribution in [3.63, 3.8) is 0 Å². The molecule has 0 amide bonds. The Morgan fingerprint density at radius 2 is 2.32 bits per heavy atom. The van der Waals surface area contributed by atoms with Crippen LogP contribution in [0.1, 0.15) is 0 Å². The van der Waals surface area contributed by atoms with Gasteiger partial charge in [0.2, 0.25) is 0 Å². The van der Waals surface area contributed by atoms with E-state index in [0.29, 0.717) is 17.5 Å². The molecule has 1 N–H and O–H groups in total. The molecule has 1 aromatic carbocycles. The first kappa shape index (κ1) is 14.9. The van der Waals surface area contributed by atoms with Gasteiger partial charge in [-0.1, -0.05) is 0 Å². The first-order valence-corrected chi connectivity index (χ1v) is 8.64. The smallest absolute Gasteiger partial charge is 0.295 e. The van der Waals surface area contributed by atoms with Crippen LogP contribution in [0.2, 0.25) is 0 Å². The van der Waals surface area contributed by atoms with Gasteiger partial charge < -0.3 is 5.32 Å². The third-order valence-electron chi connectivity index (χ3n) is 2.64. The molecule has 0 saturated carbocycles. The van der Waals surface area contributed by atoms with Crippen molar-refractivity contribution >= 4 is 50.8 Å². The van der Waals surface area contributed by atoms with Crippen molar-refractivity contribution in [1.29, 1.82) is 0 Å². The largest absolute Gasteiger partial charge is 0.378 e. The van der Waals surface area contributed by atoms with Crippen LogP contribution in [0.3, 0.4) is 0 Å². The molecule has 1 saturated heterocycles. The lowest BCUT2D eigenvalue weighted by Crippen LogP contribution is -2.23. The van der Waals surface area contributed by atoms with Gasteiger partial charge in [-0.15, -0.1) is 0 Å². The van der Waals surface area contributed by atoms with E-state index in [2.05, 4.69) is 21.2 Å². The monoisotopic (exact) mass is 366 g/mol. The predicted octanol–water partition coefficient (Wildman–Crippen LogP) is 3.76. The summed E-state index contributed by atoms with van der Waals surface area (Å²) in [5.74, 6) is 2.67. The summed E-state index contributed by atoms with van der Waals surface area (Å²) in [5, 5.41) is 14.4. The zero-order chi connectivity index (χ0) is 13.8. The molecule has 1 heterocycles. The van der Waals surface area contributed by atoms with E-state index in [1.807, 2.05) is 23.5 Å². The lowest BCUT2D eigenvalue weighted by Gasteiger charge is -2.21. The van der Waals surface area contributed by atoms with Crippen molar-refractivity contribution in [2.75, 3.05) is 29.1 Å². The molecule has 104 valence electrons. The fraction of sp³-hybridized carbons (Fsp3) is 0.455. The van der Waals surface area contributed by atoms with Gasteiger partial charge in [0.1, 0.15) is 11.5 Å². The maximum Gasteiger partial charge on any atom is 0.295 e. The van der Waals surface area contributed by atoms with Crippen molar-refractivity contribution in [3.8, 4) is 0 Å². The Labute approximate surface area is 127 Å². The van der Waals surface area contributed by atoms with Crippen molar-refractivity contribution in [3.05, 3.63) is 32.5 Å². The first-order chi connectivity index (χ1) is 9.08. The summed E-state index contributed by atoms with van der Waals surface area (Å²) in [5.41, 5.74) is 0.128. The van der Waals surface area contributed by atoms with Crippen molar-refractivity contribution in [1.82, 2.24) is 0 Å². The van der Waals surface area contributed by atoms with Crippen LogP contribution >= 0.6 is 39.5 Å². The minimum Gasteiger partial charge on any atom is -0.378 e. The number of halogens is 2. The minimum absolute atomic E-state index is 0.228. The molecule has 1 aliphatic heterocycles. The molecule has 1 aromatic rings. The molecule has 2 rings (SSSR count). The average Bonchev–Trinajstić information content (AvgIpc) is 2.40. The molecule has 0 bridgehead atoms. The molecular formula is C11H12BrFN2O2S2. The van der Waals surface area contributed by atoms with Gasteiger partial charge in [0.25, 0.3) is 5.69 Å². The Morgan fingerprint density at radius 1 is 1.53 bits per heavy atom. The van der Waals surface area contributed by atoms with Crippen LogP contribution in [-0.4, -0.2) is 34.0 Å². The van der Waals surface area contributed by atoms with Gasteiger partial charge in [-0.25, -0.2) is 4.39 Å². The highest BCUT2D eigenvalue weighted by atomic mass is 79.9. The van der Waals surface area contributed by atoms with Crippen LogP contribution in [0.15, 0.2) is 16.6 Å². The zero-order valence-electron chi connectivity index (χ0n) is 9.90. The standard InChI is InChI=1S/C11H12BrFN2O2S2/c12-8-3-10(11(15(16)17)4-9(8)13)14-5-7-6-18-1-2-19-7/h3-4,7,14H,1-2,5-6H2. The van der Waals surface area contributed by atoms with Crippen molar-refractivity contribution in [2.45, 2.75) is 5.25 Å². The van der Waals surface area contributed by atoms with Gasteiger partial charge in [0, 0.05) is 29.1 Å². The van der Waals surface area contributed by atoms with Crippen LogP contribution in [-0.2, 0) is 0 Å². The summed E-state index contributed by atoms with van der Waals surface area (Å²) in [7, 11) is 0. The lowest BCUT2D eigenvalue weighted by atomic mass is 10.2. The third kappa shape index (κ3) is 4.00. The normalized spacial score (nSPS) is 19.2. The molecular weight excluding hydrogens is 355 g/mol.